The lowest BCUT2D eigenvalue weighted by atomic mass is 10.5. The second-order valence-electron chi connectivity index (χ2n) is 1.34. The summed E-state index contributed by atoms with van der Waals surface area (Å²) >= 11 is 0. The van der Waals surface area contributed by atoms with E-state index in [1.165, 1.54) is 0 Å². The summed E-state index contributed by atoms with van der Waals surface area (Å²) in [5, 5.41) is 0. The third-order valence-electron chi connectivity index (χ3n) is 0.605. The molecule has 0 aromatic rings. The van der Waals surface area contributed by atoms with E-state index in [1.807, 2.05) is 0 Å². The summed E-state index contributed by atoms with van der Waals surface area (Å²) in [4.78, 5) is 3.82. The van der Waals surface area contributed by atoms with E-state index in [0.29, 0.717) is 5.70 Å². The highest BCUT2D eigenvalue weighted by molar-refractivity contribution is 5.71. The van der Waals surface area contributed by atoms with Crippen LogP contribution in [0.1, 0.15) is 6.92 Å². The van der Waals surface area contributed by atoms with Gasteiger partial charge in [-0.2, -0.15) is 0 Å². The Bertz CT molecular complexity index is 188. The Morgan fingerprint density at radius 3 is 2.78 bits per heavy atom. The van der Waals surface area contributed by atoms with Gasteiger partial charge in [0.1, 0.15) is 5.70 Å². The zero-order chi connectivity index (χ0) is 7.11. The minimum Gasteiger partial charge on any atom is -0.248 e. The van der Waals surface area contributed by atoms with Gasteiger partial charge in [-0.25, -0.2) is 4.99 Å². The Hall–Kier alpha value is -1.29. The molecule has 0 bridgehead atoms. The summed E-state index contributed by atoms with van der Waals surface area (Å²) in [6.45, 7) is 8.76. The molecule has 0 saturated heterocycles. The molecule has 46 valence electrons. The van der Waals surface area contributed by atoms with Gasteiger partial charge in [0.15, 0.2) is 0 Å². The molecule has 0 radical (unpaired) electrons. The quantitative estimate of drug-likeness (QED) is 0.388. The molecule has 0 aromatic heterocycles. The average molecular weight is 119 g/mol. The summed E-state index contributed by atoms with van der Waals surface area (Å²) in [7, 11) is 0. The van der Waals surface area contributed by atoms with Crippen LogP contribution < -0.4 is 0 Å². The van der Waals surface area contributed by atoms with Crippen molar-refractivity contribution in [2.75, 3.05) is 0 Å². The van der Waals surface area contributed by atoms with Gasteiger partial charge in [-0.1, -0.05) is 25.2 Å². The molecule has 1 nitrogen and oxygen atoms in total. The van der Waals surface area contributed by atoms with Crippen molar-refractivity contribution in [1.29, 1.82) is 0 Å². The van der Waals surface area contributed by atoms with E-state index in [9.17, 15) is 0 Å². The van der Waals surface area contributed by atoms with E-state index in [-0.39, 0.29) is 0 Å². The molecule has 0 N–H and O–H groups in total. The predicted molar refractivity (Wildman–Crippen MR) is 41.3 cm³/mol. The van der Waals surface area contributed by atoms with E-state index in [1.54, 1.807) is 19.2 Å². The first-order valence-corrected chi connectivity index (χ1v) is 2.58. The molecule has 0 aliphatic heterocycles. The molecule has 0 amide bonds. The number of rotatable bonds is 2. The Morgan fingerprint density at radius 1 is 1.67 bits per heavy atom. The van der Waals surface area contributed by atoms with Crippen molar-refractivity contribution in [3.8, 4) is 11.8 Å². The van der Waals surface area contributed by atoms with Crippen molar-refractivity contribution in [3.05, 3.63) is 24.9 Å². The lowest BCUT2D eigenvalue weighted by molar-refractivity contribution is 1.49. The largest absolute Gasteiger partial charge is 0.248 e. The van der Waals surface area contributed by atoms with Crippen LogP contribution in [0.25, 0.3) is 0 Å². The fraction of sp³-hybridized carbons (Fsp3) is 0.125. The van der Waals surface area contributed by atoms with E-state index >= 15 is 0 Å². The summed E-state index contributed by atoms with van der Waals surface area (Å²) in [5.41, 5.74) is 0.567. The van der Waals surface area contributed by atoms with Gasteiger partial charge in [-0.3, -0.25) is 0 Å². The summed E-state index contributed by atoms with van der Waals surface area (Å²) in [6.07, 6.45) is 3.15. The van der Waals surface area contributed by atoms with Crippen LogP contribution in [-0.2, 0) is 0 Å². The third-order valence-corrected chi connectivity index (χ3v) is 0.605. The van der Waals surface area contributed by atoms with Crippen LogP contribution in [-0.4, -0.2) is 6.21 Å². The fourth-order valence-corrected chi connectivity index (χ4v) is 0.319. The molecule has 1 heteroatoms. The van der Waals surface area contributed by atoms with E-state index in [2.05, 4.69) is 30.0 Å². The first-order chi connectivity index (χ1) is 4.31. The molecule has 0 saturated carbocycles. The predicted octanol–water partition coefficient (Wildman–Crippen LogP) is 1.78. The number of allylic oxidation sites excluding steroid dienone is 2. The van der Waals surface area contributed by atoms with Gasteiger partial charge in [0, 0.05) is 6.21 Å². The lowest BCUT2D eigenvalue weighted by Gasteiger charge is -1.79. The van der Waals surface area contributed by atoms with Crippen molar-refractivity contribution < 1.29 is 0 Å². The molecular formula is C8H9N. The first-order valence-electron chi connectivity index (χ1n) is 2.58. The van der Waals surface area contributed by atoms with Crippen molar-refractivity contribution in [2.45, 2.75) is 6.92 Å². The van der Waals surface area contributed by atoms with Gasteiger partial charge >= 0.3 is 0 Å². The van der Waals surface area contributed by atoms with Gasteiger partial charge in [-0.15, -0.1) is 0 Å². The van der Waals surface area contributed by atoms with E-state index < -0.39 is 0 Å². The Balaban J connectivity index is 3.86. The highest BCUT2D eigenvalue weighted by atomic mass is 14.7. The van der Waals surface area contributed by atoms with Crippen molar-refractivity contribution in [3.63, 3.8) is 0 Å². The van der Waals surface area contributed by atoms with Gasteiger partial charge in [0.25, 0.3) is 0 Å². The molecule has 0 atom stereocenters. The van der Waals surface area contributed by atoms with Crippen LogP contribution in [0.5, 0.6) is 0 Å². The second kappa shape index (κ2) is 4.86. The molecule has 0 aromatic carbocycles. The molecule has 0 fully saturated rings. The topological polar surface area (TPSA) is 12.4 Å². The Morgan fingerprint density at radius 2 is 2.33 bits per heavy atom. The monoisotopic (exact) mass is 119 g/mol. The van der Waals surface area contributed by atoms with Crippen LogP contribution in [0.2, 0.25) is 0 Å². The molecule has 0 aliphatic carbocycles. The van der Waals surface area contributed by atoms with Crippen LogP contribution in [0.4, 0.5) is 0 Å². The minimum absolute atomic E-state index is 0.567. The Kier molecular flexibility index (Phi) is 4.16. The summed E-state index contributed by atoms with van der Waals surface area (Å²) in [6, 6.07) is 0. The SMILES string of the molecule is C=CC=NC(=C)C#CC. The number of hydrogen-bond donors (Lipinski definition) is 0. The van der Waals surface area contributed by atoms with Crippen molar-refractivity contribution in [1.82, 2.24) is 0 Å². The van der Waals surface area contributed by atoms with E-state index in [4.69, 9.17) is 0 Å². The van der Waals surface area contributed by atoms with Crippen LogP contribution in [0.3, 0.4) is 0 Å². The molecule has 0 aliphatic rings. The maximum Gasteiger partial charge on any atom is 0.105 e. The lowest BCUT2D eigenvalue weighted by Crippen LogP contribution is -1.68. The summed E-state index contributed by atoms with van der Waals surface area (Å²) < 4.78 is 0. The van der Waals surface area contributed by atoms with Crippen molar-refractivity contribution >= 4 is 6.21 Å². The van der Waals surface area contributed by atoms with E-state index in [0.717, 1.165) is 0 Å². The summed E-state index contributed by atoms with van der Waals surface area (Å²) in [5.74, 6) is 5.37. The highest BCUT2D eigenvalue weighted by Gasteiger charge is 1.73. The maximum atomic E-state index is 3.82. The van der Waals surface area contributed by atoms with Gasteiger partial charge in [-0.05, 0) is 12.8 Å². The zero-order valence-electron chi connectivity index (χ0n) is 5.52. The molecular weight excluding hydrogens is 110 g/mol. The molecule has 0 unspecified atom stereocenters. The number of aliphatic imine (C=N–C) groups is 1. The normalized spacial score (nSPS) is 8.11. The van der Waals surface area contributed by atoms with Crippen LogP contribution in [0, 0.1) is 11.8 Å². The average Bonchev–Trinajstić information content (AvgIpc) is 1.85. The Labute approximate surface area is 55.8 Å². The molecule has 9 heavy (non-hydrogen) atoms. The molecule has 0 heterocycles. The van der Waals surface area contributed by atoms with Gasteiger partial charge < -0.3 is 0 Å². The van der Waals surface area contributed by atoms with Gasteiger partial charge in [0.05, 0.1) is 0 Å². The number of nitrogens with zero attached hydrogens (tertiary/aromatic N) is 1. The van der Waals surface area contributed by atoms with Crippen LogP contribution >= 0.6 is 0 Å². The maximum absolute atomic E-state index is 3.82. The first kappa shape index (κ1) is 7.71. The molecule has 0 spiro atoms. The highest BCUT2D eigenvalue weighted by Crippen LogP contribution is 1.85. The standard InChI is InChI=1S/C8H9N/c1-4-6-8(3)9-7-5-2/h5,7H,2-3H2,1H3. The number of hydrogen-bond acceptors (Lipinski definition) is 1. The molecule has 0 rings (SSSR count). The zero-order valence-corrected chi connectivity index (χ0v) is 5.52. The van der Waals surface area contributed by atoms with Crippen LogP contribution in [0.15, 0.2) is 29.9 Å². The van der Waals surface area contributed by atoms with Crippen molar-refractivity contribution in [2.24, 2.45) is 4.99 Å². The smallest absolute Gasteiger partial charge is 0.105 e. The van der Waals surface area contributed by atoms with Gasteiger partial charge in [0.2, 0.25) is 0 Å². The third kappa shape index (κ3) is 4.57. The minimum atomic E-state index is 0.567. The fourth-order valence-electron chi connectivity index (χ4n) is 0.319. The second-order valence-corrected chi connectivity index (χ2v) is 1.34.